The van der Waals surface area contributed by atoms with Gasteiger partial charge in [-0.25, -0.2) is 4.79 Å². The molecular formula is C20H20N2O4S. The fraction of sp³-hybridized carbons (Fsp3) is 0.350. The monoisotopic (exact) mass is 384 g/mol. The smallest absolute Gasteiger partial charge is 0.347 e. The number of amides is 1. The molecule has 0 aliphatic heterocycles. The van der Waals surface area contributed by atoms with Crippen LogP contribution < -0.4 is 10.1 Å². The maximum atomic E-state index is 12.2. The lowest BCUT2D eigenvalue weighted by molar-refractivity contribution is -0.154. The minimum atomic E-state index is -0.777. The highest BCUT2D eigenvalue weighted by atomic mass is 32.1. The topological polar surface area (TPSA) is 88.4 Å². The number of anilines is 1. The second kappa shape index (κ2) is 8.69. The van der Waals surface area contributed by atoms with Gasteiger partial charge in [-0.15, -0.1) is 11.3 Å². The van der Waals surface area contributed by atoms with E-state index >= 15 is 0 Å². The highest BCUT2D eigenvalue weighted by Gasteiger charge is 2.24. The summed E-state index contributed by atoms with van der Waals surface area (Å²) < 4.78 is 10.7. The van der Waals surface area contributed by atoms with Gasteiger partial charge in [0.2, 0.25) is 0 Å². The van der Waals surface area contributed by atoms with Gasteiger partial charge in [0.25, 0.3) is 5.91 Å². The van der Waals surface area contributed by atoms with E-state index in [2.05, 4.69) is 11.4 Å². The van der Waals surface area contributed by atoms with Crippen LogP contribution in [-0.2, 0) is 27.2 Å². The van der Waals surface area contributed by atoms with Gasteiger partial charge in [-0.1, -0.05) is 25.1 Å². The Labute approximate surface area is 161 Å². The first-order valence-corrected chi connectivity index (χ1v) is 9.66. The normalized spacial score (nSPS) is 13.3. The van der Waals surface area contributed by atoms with E-state index in [-0.39, 0.29) is 0 Å². The number of hydrogen-bond acceptors (Lipinski definition) is 6. The first-order chi connectivity index (χ1) is 13.1. The van der Waals surface area contributed by atoms with Crippen LogP contribution in [0, 0.1) is 11.3 Å². The van der Waals surface area contributed by atoms with E-state index < -0.39 is 24.6 Å². The number of carbonyl (C=O) groups excluding carboxylic acids is 2. The third kappa shape index (κ3) is 4.47. The molecule has 27 heavy (non-hydrogen) atoms. The van der Waals surface area contributed by atoms with E-state index in [9.17, 15) is 14.9 Å². The highest BCUT2D eigenvalue weighted by Crippen LogP contribution is 2.38. The molecule has 1 aromatic carbocycles. The Morgan fingerprint density at radius 2 is 2.07 bits per heavy atom. The van der Waals surface area contributed by atoms with E-state index in [1.54, 1.807) is 19.1 Å². The van der Waals surface area contributed by atoms with Crippen molar-refractivity contribution in [2.75, 3.05) is 11.9 Å². The fourth-order valence-electron chi connectivity index (χ4n) is 2.96. The summed E-state index contributed by atoms with van der Waals surface area (Å²) >= 11 is 1.43. The van der Waals surface area contributed by atoms with Gasteiger partial charge in [0, 0.05) is 4.88 Å². The number of hydrogen-bond donors (Lipinski definition) is 1. The Hall–Kier alpha value is -2.85. The Morgan fingerprint density at radius 1 is 1.30 bits per heavy atom. The van der Waals surface area contributed by atoms with Crippen molar-refractivity contribution in [3.05, 3.63) is 46.3 Å². The van der Waals surface area contributed by atoms with Crippen LogP contribution in [0.2, 0.25) is 0 Å². The van der Waals surface area contributed by atoms with Crippen LogP contribution in [0.15, 0.2) is 30.3 Å². The van der Waals surface area contributed by atoms with Crippen molar-refractivity contribution in [1.29, 1.82) is 5.26 Å². The molecule has 0 saturated carbocycles. The van der Waals surface area contributed by atoms with Crippen molar-refractivity contribution in [2.45, 2.75) is 38.7 Å². The van der Waals surface area contributed by atoms with Crippen molar-refractivity contribution in [3.63, 3.8) is 0 Å². The van der Waals surface area contributed by atoms with Gasteiger partial charge >= 0.3 is 5.97 Å². The maximum Gasteiger partial charge on any atom is 0.347 e. The Morgan fingerprint density at radius 3 is 2.78 bits per heavy atom. The van der Waals surface area contributed by atoms with Crippen molar-refractivity contribution in [1.82, 2.24) is 0 Å². The molecule has 0 unspecified atom stereocenters. The quantitative estimate of drug-likeness (QED) is 0.739. The summed E-state index contributed by atoms with van der Waals surface area (Å²) in [6.45, 7) is 1.39. The lowest BCUT2D eigenvalue weighted by Crippen LogP contribution is -2.31. The first kappa shape index (κ1) is 18.9. The van der Waals surface area contributed by atoms with Gasteiger partial charge in [0.15, 0.2) is 12.7 Å². The number of rotatable bonds is 7. The molecule has 140 valence electrons. The lowest BCUT2D eigenvalue weighted by Gasteiger charge is -2.16. The third-order valence-electron chi connectivity index (χ3n) is 4.29. The summed E-state index contributed by atoms with van der Waals surface area (Å²) in [6.07, 6.45) is 2.50. The number of nitrogens with one attached hydrogen (secondary N) is 1. The summed E-state index contributed by atoms with van der Waals surface area (Å²) in [5.41, 5.74) is 1.57. The zero-order valence-electron chi connectivity index (χ0n) is 15.0. The van der Waals surface area contributed by atoms with E-state index in [1.165, 1.54) is 11.3 Å². The first-order valence-electron chi connectivity index (χ1n) is 8.85. The Balaban J connectivity index is 1.54. The average molecular weight is 384 g/mol. The molecule has 1 N–H and O–H groups in total. The molecule has 0 bridgehead atoms. The number of aryl methyl sites for hydroxylation is 1. The fourth-order valence-corrected chi connectivity index (χ4v) is 4.22. The molecule has 3 rings (SSSR count). The number of carbonyl (C=O) groups is 2. The van der Waals surface area contributed by atoms with Crippen molar-refractivity contribution >= 4 is 28.2 Å². The van der Waals surface area contributed by atoms with Crippen LogP contribution in [0.3, 0.4) is 0 Å². The zero-order chi connectivity index (χ0) is 19.2. The number of para-hydroxylation sites is 1. The third-order valence-corrected chi connectivity index (χ3v) is 5.49. The van der Waals surface area contributed by atoms with E-state index in [4.69, 9.17) is 9.47 Å². The summed E-state index contributed by atoms with van der Waals surface area (Å²) in [5, 5.41) is 12.6. The molecule has 6 nitrogen and oxygen atoms in total. The van der Waals surface area contributed by atoms with Crippen LogP contribution >= 0.6 is 11.3 Å². The van der Waals surface area contributed by atoms with Gasteiger partial charge in [-0.3, -0.25) is 4.79 Å². The van der Waals surface area contributed by atoms with Gasteiger partial charge in [-0.05, 0) is 43.4 Å². The predicted octanol–water partition coefficient (Wildman–Crippen LogP) is 3.45. The van der Waals surface area contributed by atoms with Crippen LogP contribution in [0.5, 0.6) is 5.75 Å². The molecule has 1 aliphatic carbocycles. The van der Waals surface area contributed by atoms with Crippen LogP contribution in [0.1, 0.15) is 35.8 Å². The minimum absolute atomic E-state index is 0.416. The maximum absolute atomic E-state index is 12.2. The van der Waals surface area contributed by atoms with Crippen molar-refractivity contribution in [2.24, 2.45) is 0 Å². The van der Waals surface area contributed by atoms with Crippen LogP contribution in [0.4, 0.5) is 5.00 Å². The van der Waals surface area contributed by atoms with E-state index in [1.807, 2.05) is 18.2 Å². The lowest BCUT2D eigenvalue weighted by atomic mass is 10.1. The molecule has 1 aliphatic rings. The number of fused-ring (bicyclic) bond motifs is 1. The Bertz CT molecular complexity index is 870. The highest BCUT2D eigenvalue weighted by molar-refractivity contribution is 7.16. The molecule has 0 saturated heterocycles. The summed E-state index contributed by atoms with van der Waals surface area (Å²) in [7, 11) is 0. The molecule has 0 spiro atoms. The molecule has 2 aromatic rings. The van der Waals surface area contributed by atoms with E-state index in [0.29, 0.717) is 22.7 Å². The second-order valence-electron chi connectivity index (χ2n) is 6.16. The minimum Gasteiger partial charge on any atom is -0.479 e. The largest absolute Gasteiger partial charge is 0.479 e. The van der Waals surface area contributed by atoms with Crippen LogP contribution in [0.25, 0.3) is 0 Å². The molecule has 0 radical (unpaired) electrons. The number of nitrogens with zero attached hydrogens (tertiary/aromatic N) is 1. The van der Waals surface area contributed by atoms with Crippen molar-refractivity contribution in [3.8, 4) is 11.8 Å². The van der Waals surface area contributed by atoms with Crippen LogP contribution in [-0.4, -0.2) is 24.6 Å². The van der Waals surface area contributed by atoms with Gasteiger partial charge in [0.1, 0.15) is 16.8 Å². The van der Waals surface area contributed by atoms with Gasteiger partial charge in [0.05, 0.1) is 5.56 Å². The average Bonchev–Trinajstić information content (AvgIpc) is 3.25. The number of nitriles is 1. The number of ether oxygens (including phenoxy) is 2. The summed E-state index contributed by atoms with van der Waals surface area (Å²) in [4.78, 5) is 25.5. The molecule has 1 heterocycles. The number of esters is 1. The van der Waals surface area contributed by atoms with Gasteiger partial charge in [-0.2, -0.15) is 5.26 Å². The molecule has 1 aromatic heterocycles. The molecule has 1 atom stereocenters. The summed E-state index contributed by atoms with van der Waals surface area (Å²) in [6, 6.07) is 11.1. The van der Waals surface area contributed by atoms with E-state index in [0.717, 1.165) is 29.7 Å². The SMILES string of the molecule is CC[C@@H](Oc1ccccc1)C(=O)OCC(=O)Nc1sc2c(c1C#N)CCC2. The molecule has 0 fully saturated rings. The van der Waals surface area contributed by atoms with Gasteiger partial charge < -0.3 is 14.8 Å². The predicted molar refractivity (Wildman–Crippen MR) is 102 cm³/mol. The number of benzene rings is 1. The van der Waals surface area contributed by atoms with Crippen molar-refractivity contribution < 1.29 is 19.1 Å². The molecular weight excluding hydrogens is 364 g/mol. The summed E-state index contributed by atoms with van der Waals surface area (Å²) in [5.74, 6) is -0.488. The number of thiophene rings is 1. The molecule has 7 heteroatoms. The molecule has 1 amide bonds. The Kier molecular flexibility index (Phi) is 6.09. The second-order valence-corrected chi connectivity index (χ2v) is 7.26. The standard InChI is InChI=1S/C20H20N2O4S/c1-2-16(26-13-7-4-3-5-8-13)20(24)25-12-18(23)22-19-15(11-21)14-9-6-10-17(14)27-19/h3-5,7-8,16H,2,6,9-10,12H2,1H3,(H,22,23)/t16-/m1/s1. The zero-order valence-corrected chi connectivity index (χ0v) is 15.8.